The predicted molar refractivity (Wildman–Crippen MR) is 134 cm³/mol. The van der Waals surface area contributed by atoms with Gasteiger partial charge >= 0.3 is 0 Å². The van der Waals surface area contributed by atoms with Gasteiger partial charge in [0.15, 0.2) is 0 Å². The standard InChI is InChI=1S/C22H19Br2N7O3/c1-33-15-6-4-14(5-7-15)27-21-28-20(25-12-16-3-2-8-34-16)29-22(30-21)31-26-11-13-9-17(23)19(32)18(24)10-13/h2-10,32H,11-12H2,1H3,(H2,25,27,28,29,30). The normalized spacial score (nSPS) is 11.0. The molecule has 4 aromatic rings. The first-order chi connectivity index (χ1) is 16.5. The first-order valence-corrected chi connectivity index (χ1v) is 11.6. The molecule has 0 radical (unpaired) electrons. The number of ether oxygens (including phenoxy) is 1. The van der Waals surface area contributed by atoms with Crippen LogP contribution in [0.2, 0.25) is 0 Å². The van der Waals surface area contributed by atoms with Gasteiger partial charge in [-0.05, 0) is 86.0 Å². The quantitative estimate of drug-likeness (QED) is 0.193. The molecule has 34 heavy (non-hydrogen) atoms. The molecule has 2 aromatic heterocycles. The van der Waals surface area contributed by atoms with Crippen molar-refractivity contribution in [1.29, 1.82) is 0 Å². The van der Waals surface area contributed by atoms with E-state index in [1.807, 2.05) is 30.3 Å². The summed E-state index contributed by atoms with van der Waals surface area (Å²) in [6.07, 6.45) is 1.60. The number of aromatic nitrogens is 3. The lowest BCUT2D eigenvalue weighted by Gasteiger charge is -2.09. The van der Waals surface area contributed by atoms with Crippen LogP contribution in [0.15, 0.2) is 78.4 Å². The van der Waals surface area contributed by atoms with E-state index in [1.54, 1.807) is 31.6 Å². The van der Waals surface area contributed by atoms with Gasteiger partial charge in [-0.25, -0.2) is 0 Å². The van der Waals surface area contributed by atoms with Crippen LogP contribution < -0.4 is 15.4 Å². The van der Waals surface area contributed by atoms with Crippen molar-refractivity contribution in [2.24, 2.45) is 10.2 Å². The van der Waals surface area contributed by atoms with Gasteiger partial charge in [-0.15, -0.1) is 5.11 Å². The number of rotatable bonds is 9. The highest BCUT2D eigenvalue weighted by atomic mass is 79.9. The van der Waals surface area contributed by atoms with Crippen LogP contribution in [0.1, 0.15) is 11.3 Å². The number of anilines is 3. The van der Waals surface area contributed by atoms with Crippen LogP contribution in [-0.2, 0) is 13.1 Å². The Morgan fingerprint density at radius 3 is 2.44 bits per heavy atom. The Balaban J connectivity index is 1.54. The minimum atomic E-state index is 0.125. The largest absolute Gasteiger partial charge is 0.506 e. The van der Waals surface area contributed by atoms with Gasteiger partial charge < -0.3 is 24.9 Å². The fraction of sp³-hybridized carbons (Fsp3) is 0.136. The second-order valence-corrected chi connectivity index (χ2v) is 8.59. The summed E-state index contributed by atoms with van der Waals surface area (Å²) in [6, 6.07) is 14.5. The van der Waals surface area contributed by atoms with E-state index in [2.05, 4.69) is 67.7 Å². The Hall–Kier alpha value is -3.51. The number of aromatic hydroxyl groups is 1. The van der Waals surface area contributed by atoms with Gasteiger partial charge in [0.2, 0.25) is 11.9 Å². The SMILES string of the molecule is COc1ccc(Nc2nc(N=NCc3cc(Br)c(O)c(Br)c3)nc(NCc3ccco3)n2)cc1. The minimum Gasteiger partial charge on any atom is -0.506 e. The van der Waals surface area contributed by atoms with Crippen molar-refractivity contribution in [2.75, 3.05) is 17.7 Å². The third-order valence-corrected chi connectivity index (χ3v) is 5.67. The van der Waals surface area contributed by atoms with Crippen molar-refractivity contribution >= 4 is 55.4 Å². The number of methoxy groups -OCH3 is 1. The predicted octanol–water partition coefficient (Wildman–Crippen LogP) is 6.34. The molecule has 10 nitrogen and oxygen atoms in total. The molecule has 0 saturated carbocycles. The van der Waals surface area contributed by atoms with E-state index in [9.17, 15) is 5.11 Å². The fourth-order valence-corrected chi connectivity index (χ4v) is 4.10. The van der Waals surface area contributed by atoms with E-state index in [4.69, 9.17) is 9.15 Å². The molecule has 0 aliphatic carbocycles. The van der Waals surface area contributed by atoms with Crippen LogP contribution in [0.25, 0.3) is 0 Å². The van der Waals surface area contributed by atoms with Gasteiger partial charge in [-0.1, -0.05) is 0 Å². The molecule has 0 aliphatic heterocycles. The molecule has 0 fully saturated rings. The van der Waals surface area contributed by atoms with Crippen molar-refractivity contribution in [1.82, 2.24) is 15.0 Å². The molecular weight excluding hydrogens is 570 g/mol. The number of azo groups is 1. The maximum absolute atomic E-state index is 9.86. The number of nitrogens with one attached hydrogen (secondary N) is 2. The van der Waals surface area contributed by atoms with Crippen molar-refractivity contribution in [2.45, 2.75) is 13.1 Å². The number of furan rings is 1. The highest BCUT2D eigenvalue weighted by Crippen LogP contribution is 2.33. The Labute approximate surface area is 211 Å². The molecule has 0 aliphatic rings. The number of hydrogen-bond acceptors (Lipinski definition) is 10. The molecule has 0 saturated heterocycles. The van der Waals surface area contributed by atoms with E-state index in [-0.39, 0.29) is 18.2 Å². The molecule has 2 aromatic carbocycles. The first kappa shape index (κ1) is 23.6. The summed E-state index contributed by atoms with van der Waals surface area (Å²) >= 11 is 6.62. The highest BCUT2D eigenvalue weighted by Gasteiger charge is 2.09. The van der Waals surface area contributed by atoms with Crippen molar-refractivity contribution in [3.05, 3.63) is 75.1 Å². The zero-order chi connectivity index (χ0) is 23.9. The van der Waals surface area contributed by atoms with Crippen molar-refractivity contribution in [3.8, 4) is 11.5 Å². The van der Waals surface area contributed by atoms with Crippen molar-refractivity contribution in [3.63, 3.8) is 0 Å². The summed E-state index contributed by atoms with van der Waals surface area (Å²) in [5, 5.41) is 24.5. The second kappa shape index (κ2) is 11.1. The molecular formula is C22H19Br2N7O3. The topological polar surface area (TPSA) is 130 Å². The smallest absolute Gasteiger partial charge is 0.275 e. The zero-order valence-electron chi connectivity index (χ0n) is 17.9. The van der Waals surface area contributed by atoms with Gasteiger partial charge in [0.25, 0.3) is 5.95 Å². The number of hydrogen-bond donors (Lipinski definition) is 3. The second-order valence-electron chi connectivity index (χ2n) is 6.88. The summed E-state index contributed by atoms with van der Waals surface area (Å²) in [6.45, 7) is 0.657. The van der Waals surface area contributed by atoms with Crippen LogP contribution in [0.4, 0.5) is 23.5 Å². The van der Waals surface area contributed by atoms with Crippen LogP contribution in [-0.4, -0.2) is 27.2 Å². The fourth-order valence-electron chi connectivity index (χ4n) is 2.82. The summed E-state index contributed by atoms with van der Waals surface area (Å²) in [5.41, 5.74) is 1.60. The van der Waals surface area contributed by atoms with Gasteiger partial charge in [0.05, 0.1) is 35.4 Å². The van der Waals surface area contributed by atoms with Crippen molar-refractivity contribution < 1.29 is 14.3 Å². The maximum atomic E-state index is 9.86. The average Bonchev–Trinajstić information content (AvgIpc) is 3.35. The van der Waals surface area contributed by atoms with Gasteiger partial charge in [0.1, 0.15) is 17.3 Å². The van der Waals surface area contributed by atoms with E-state index in [1.165, 1.54) is 0 Å². The molecule has 0 spiro atoms. The Morgan fingerprint density at radius 1 is 1.03 bits per heavy atom. The lowest BCUT2D eigenvalue weighted by molar-refractivity contribution is 0.415. The molecule has 0 atom stereocenters. The molecule has 4 rings (SSSR count). The maximum Gasteiger partial charge on any atom is 0.275 e. The van der Waals surface area contributed by atoms with E-state index in [0.29, 0.717) is 27.4 Å². The average molecular weight is 589 g/mol. The summed E-state index contributed by atoms with van der Waals surface area (Å²) in [7, 11) is 1.61. The molecule has 0 bridgehead atoms. The molecule has 2 heterocycles. The molecule has 12 heteroatoms. The Kier molecular flexibility index (Phi) is 7.70. The Bertz CT molecular complexity index is 1260. The third-order valence-electron chi connectivity index (χ3n) is 4.46. The zero-order valence-corrected chi connectivity index (χ0v) is 21.0. The van der Waals surface area contributed by atoms with E-state index < -0.39 is 0 Å². The monoisotopic (exact) mass is 587 g/mol. The molecule has 0 amide bonds. The van der Waals surface area contributed by atoms with E-state index in [0.717, 1.165) is 22.8 Å². The third kappa shape index (κ3) is 6.29. The summed E-state index contributed by atoms with van der Waals surface area (Å²) < 4.78 is 11.7. The van der Waals surface area contributed by atoms with Crippen LogP contribution >= 0.6 is 31.9 Å². The van der Waals surface area contributed by atoms with Gasteiger partial charge in [-0.2, -0.15) is 20.1 Å². The first-order valence-electron chi connectivity index (χ1n) is 9.98. The van der Waals surface area contributed by atoms with Gasteiger partial charge in [0, 0.05) is 5.69 Å². The summed E-state index contributed by atoms with van der Waals surface area (Å²) in [5.74, 6) is 2.34. The molecule has 0 unspecified atom stereocenters. The number of phenolic OH excluding ortho intramolecular Hbond substituents is 1. The molecule has 3 N–H and O–H groups in total. The molecule has 174 valence electrons. The van der Waals surface area contributed by atoms with Gasteiger partial charge in [-0.3, -0.25) is 0 Å². The lowest BCUT2D eigenvalue weighted by atomic mass is 10.2. The summed E-state index contributed by atoms with van der Waals surface area (Å²) in [4.78, 5) is 13.1. The minimum absolute atomic E-state index is 0.125. The van der Waals surface area contributed by atoms with E-state index >= 15 is 0 Å². The number of benzene rings is 2. The number of nitrogens with zero attached hydrogens (tertiary/aromatic N) is 5. The number of halogens is 2. The van der Waals surface area contributed by atoms with Crippen LogP contribution in [0.3, 0.4) is 0 Å². The lowest BCUT2D eigenvalue weighted by Crippen LogP contribution is -2.06. The highest BCUT2D eigenvalue weighted by molar-refractivity contribution is 9.11. The Morgan fingerprint density at radius 2 is 1.76 bits per heavy atom. The van der Waals surface area contributed by atoms with Crippen LogP contribution in [0.5, 0.6) is 11.5 Å². The number of phenols is 1. The van der Waals surface area contributed by atoms with Crippen LogP contribution in [0, 0.1) is 0 Å².